The number of carbonyl (C=O) groups is 2. The minimum absolute atomic E-state index is 0.000886. The maximum absolute atomic E-state index is 14.4. The van der Waals surface area contributed by atoms with E-state index in [2.05, 4.69) is 32.5 Å². The number of aromatic nitrogens is 2. The number of nitrogens with one attached hydrogen (secondary N) is 3. The second kappa shape index (κ2) is 17.3. The molecule has 12 nitrogen and oxygen atoms in total. The van der Waals surface area contributed by atoms with E-state index in [1.807, 2.05) is 20.8 Å². The Kier molecular flexibility index (Phi) is 13.3. The number of aliphatic imine (C=N–C) groups is 1. The molecule has 20 heteroatoms. The highest BCUT2D eigenvalue weighted by Gasteiger charge is 2.56. The van der Waals surface area contributed by atoms with Gasteiger partial charge in [-0.15, -0.1) is 0 Å². The molecule has 2 amide bonds. The van der Waals surface area contributed by atoms with Crippen molar-refractivity contribution in [3.8, 4) is 11.1 Å². The van der Waals surface area contributed by atoms with Crippen LogP contribution in [-0.4, -0.2) is 77.6 Å². The number of carbonyl (C=O) groups excluding carboxylic acids is 2. The van der Waals surface area contributed by atoms with Gasteiger partial charge < -0.3 is 15.4 Å². The number of anilines is 1. The normalized spacial score (nSPS) is 16.3. The molecule has 0 spiro atoms. The molecule has 292 valence electrons. The third kappa shape index (κ3) is 10.9. The van der Waals surface area contributed by atoms with E-state index in [0.29, 0.717) is 22.2 Å². The number of alkyl carbamates (subject to hydrolysis) is 1. The van der Waals surface area contributed by atoms with Crippen LogP contribution in [0, 0.1) is 16.7 Å². The van der Waals surface area contributed by atoms with E-state index in [1.54, 1.807) is 0 Å². The Morgan fingerprint density at radius 1 is 1.13 bits per heavy atom. The van der Waals surface area contributed by atoms with Crippen molar-refractivity contribution < 1.29 is 45.1 Å². The van der Waals surface area contributed by atoms with Crippen LogP contribution in [0.1, 0.15) is 62.1 Å². The molecule has 0 aliphatic heterocycles. The first-order valence-corrected chi connectivity index (χ1v) is 16.6. The van der Waals surface area contributed by atoms with Gasteiger partial charge in [0.2, 0.25) is 0 Å². The summed E-state index contributed by atoms with van der Waals surface area (Å²) in [5.41, 5.74) is 0.112. The number of ether oxygens (including phenoxy) is 1. The van der Waals surface area contributed by atoms with Crippen molar-refractivity contribution >= 4 is 48.3 Å². The number of amides is 2. The molecule has 54 heavy (non-hydrogen) atoms. The summed E-state index contributed by atoms with van der Waals surface area (Å²) in [4.78, 5) is 31.4. The highest BCUT2D eigenvalue weighted by atomic mass is 35.5. The highest BCUT2D eigenvalue weighted by Crippen LogP contribution is 2.44. The summed E-state index contributed by atoms with van der Waals surface area (Å²) < 4.78 is 99.7. The van der Waals surface area contributed by atoms with Gasteiger partial charge in [-0.1, -0.05) is 50.6 Å². The highest BCUT2D eigenvalue weighted by molar-refractivity contribution is 6.33. The Morgan fingerprint density at radius 3 is 2.37 bits per heavy atom. The van der Waals surface area contributed by atoms with Crippen molar-refractivity contribution in [3.05, 3.63) is 71.0 Å². The summed E-state index contributed by atoms with van der Waals surface area (Å²) in [5.74, 6) is -3.13. The van der Waals surface area contributed by atoms with Crippen LogP contribution < -0.4 is 15.6 Å². The molecule has 3 N–H and O–H groups in total. The summed E-state index contributed by atoms with van der Waals surface area (Å²) in [7, 11) is 0. The Balaban J connectivity index is 1.76. The third-order valence-electron chi connectivity index (χ3n) is 8.14. The van der Waals surface area contributed by atoms with E-state index in [9.17, 15) is 40.3 Å². The van der Waals surface area contributed by atoms with Crippen molar-refractivity contribution in [2.24, 2.45) is 21.4 Å². The van der Waals surface area contributed by atoms with Crippen LogP contribution in [0.15, 0.2) is 65.0 Å². The van der Waals surface area contributed by atoms with Gasteiger partial charge in [-0.05, 0) is 60.4 Å². The van der Waals surface area contributed by atoms with Gasteiger partial charge in [-0.25, -0.2) is 14.5 Å². The molecule has 4 rings (SSSR count). The predicted octanol–water partition coefficient (Wildman–Crippen LogP) is 8.09. The van der Waals surface area contributed by atoms with Gasteiger partial charge in [0, 0.05) is 29.9 Å². The first-order chi connectivity index (χ1) is 25.3. The SMILES string of the molecule is C=N/C=N\N(c1cc([C@@H](COC(=O)N[C@@H]2C[C@H]2C(F)(F)F)N(C(=N)NCCC(C)(C)C)C(=O)c2ccc(-c3cnn(C(F)F)c3)cc2)ccc1Cl)C(F)F. The van der Waals surface area contributed by atoms with Crippen molar-refractivity contribution in [2.45, 2.75) is 65.0 Å². The molecule has 1 heterocycles. The van der Waals surface area contributed by atoms with E-state index >= 15 is 0 Å². The van der Waals surface area contributed by atoms with Crippen molar-refractivity contribution in [1.29, 1.82) is 5.41 Å². The van der Waals surface area contributed by atoms with Gasteiger partial charge in [0.1, 0.15) is 12.9 Å². The number of halogens is 8. The van der Waals surface area contributed by atoms with Crippen LogP contribution in [0.25, 0.3) is 11.1 Å². The molecule has 1 fully saturated rings. The summed E-state index contributed by atoms with van der Waals surface area (Å²) in [6.45, 7) is 2.28. The Labute approximate surface area is 310 Å². The number of hydrogen-bond donors (Lipinski definition) is 3. The first-order valence-electron chi connectivity index (χ1n) is 16.2. The molecule has 3 aromatic rings. The molecule has 1 aliphatic rings. The van der Waals surface area contributed by atoms with Gasteiger partial charge in [0.15, 0.2) is 5.96 Å². The summed E-state index contributed by atoms with van der Waals surface area (Å²) in [6, 6.07) is 6.54. The number of nitrogens with zero attached hydrogens (tertiary/aromatic N) is 6. The second-order valence-electron chi connectivity index (χ2n) is 13.3. The van der Waals surface area contributed by atoms with E-state index < -0.39 is 61.8 Å². The lowest BCUT2D eigenvalue weighted by atomic mass is 9.92. The van der Waals surface area contributed by atoms with Crippen LogP contribution in [0.4, 0.5) is 41.2 Å². The number of hydrogen-bond acceptors (Lipinski definition) is 7. The molecule has 0 saturated heterocycles. The number of hydrazone groups is 1. The lowest BCUT2D eigenvalue weighted by Crippen LogP contribution is -2.48. The molecule has 0 unspecified atom stereocenters. The first kappa shape index (κ1) is 41.6. The predicted molar refractivity (Wildman–Crippen MR) is 188 cm³/mol. The quantitative estimate of drug-likeness (QED) is 0.0496. The largest absolute Gasteiger partial charge is 0.447 e. The maximum Gasteiger partial charge on any atom is 0.407 e. The monoisotopic (exact) mass is 787 g/mol. The van der Waals surface area contributed by atoms with E-state index in [-0.39, 0.29) is 45.2 Å². The molecular weight excluding hydrogens is 751 g/mol. The van der Waals surface area contributed by atoms with E-state index in [4.69, 9.17) is 21.7 Å². The van der Waals surface area contributed by atoms with Crippen molar-refractivity contribution in [3.63, 3.8) is 0 Å². The maximum atomic E-state index is 14.4. The van der Waals surface area contributed by atoms with Crippen LogP contribution >= 0.6 is 11.6 Å². The molecule has 1 saturated carbocycles. The molecule has 3 atom stereocenters. The second-order valence-corrected chi connectivity index (χ2v) is 13.7. The van der Waals surface area contributed by atoms with E-state index in [0.717, 1.165) is 23.5 Å². The van der Waals surface area contributed by atoms with Crippen LogP contribution in [0.2, 0.25) is 5.02 Å². The molecule has 0 bridgehead atoms. The van der Waals surface area contributed by atoms with Crippen LogP contribution in [-0.2, 0) is 4.74 Å². The van der Waals surface area contributed by atoms with Gasteiger partial charge in [-0.3, -0.25) is 20.1 Å². The van der Waals surface area contributed by atoms with Gasteiger partial charge >= 0.3 is 25.4 Å². The fourth-order valence-electron chi connectivity index (χ4n) is 5.18. The fraction of sp³-hybridized carbons (Fsp3) is 0.412. The average Bonchev–Trinajstić information content (AvgIpc) is 3.69. The molecule has 0 radical (unpaired) electrons. The zero-order valence-electron chi connectivity index (χ0n) is 29.1. The third-order valence-corrected chi connectivity index (χ3v) is 8.46. The summed E-state index contributed by atoms with van der Waals surface area (Å²) in [6.07, 6.45) is -2.59. The summed E-state index contributed by atoms with van der Waals surface area (Å²) in [5, 5.41) is 21.2. The van der Waals surface area contributed by atoms with Gasteiger partial charge in [0.25, 0.3) is 5.91 Å². The van der Waals surface area contributed by atoms with Crippen LogP contribution in [0.3, 0.4) is 0 Å². The zero-order valence-corrected chi connectivity index (χ0v) is 29.9. The van der Waals surface area contributed by atoms with Gasteiger partial charge in [-0.2, -0.15) is 40.9 Å². The number of alkyl halides is 7. The topological polar surface area (TPSA) is 140 Å². The lowest BCUT2D eigenvalue weighted by molar-refractivity contribution is -0.148. The Bertz CT molecular complexity index is 1830. The molecular formula is C34H37ClF7N9O3. The standard InChI is InChI=1S/C34H37ClF7N9O3/c1-33(2,3)11-12-45-31(43)50(28(52)20-7-5-19(6-8-20)22-15-46-49(16-22)29(36)37)27(17-54-32(53)48-25-14-23(25)34(40,41)42)21-9-10-24(35)26(13-21)51(30(38)39)47-18-44-4/h5-10,13,15-16,18,23,25,27,29-30H,4,11-12,14,17H2,1-3H3,(H2,43,45)(H,48,53)/b47-18-/t23-,25-,27-/m1/s1. The van der Waals surface area contributed by atoms with Crippen LogP contribution in [0.5, 0.6) is 0 Å². The number of rotatable bonds is 14. The van der Waals surface area contributed by atoms with Gasteiger partial charge in [0.05, 0.1) is 28.9 Å². The van der Waals surface area contributed by atoms with E-state index in [1.165, 1.54) is 42.6 Å². The molecule has 1 aliphatic carbocycles. The minimum atomic E-state index is -4.55. The zero-order chi connectivity index (χ0) is 40.0. The Morgan fingerprint density at radius 2 is 1.81 bits per heavy atom. The fourth-order valence-corrected chi connectivity index (χ4v) is 5.39. The summed E-state index contributed by atoms with van der Waals surface area (Å²) >= 11 is 6.29. The average molecular weight is 788 g/mol. The molecule has 1 aromatic heterocycles. The number of guanidine groups is 1. The minimum Gasteiger partial charge on any atom is -0.447 e. The van der Waals surface area contributed by atoms with Crippen molar-refractivity contribution in [2.75, 3.05) is 18.2 Å². The number of benzene rings is 2. The smallest absolute Gasteiger partial charge is 0.407 e. The Hall–Kier alpha value is -5.20. The lowest BCUT2D eigenvalue weighted by Gasteiger charge is -2.33. The van der Waals surface area contributed by atoms with Crippen molar-refractivity contribution in [1.82, 2.24) is 25.3 Å². The molecule has 2 aromatic carbocycles.